The van der Waals surface area contributed by atoms with Gasteiger partial charge in [0.1, 0.15) is 0 Å². The van der Waals surface area contributed by atoms with Crippen molar-refractivity contribution >= 4 is 10.4 Å². The zero-order valence-electron chi connectivity index (χ0n) is 19.5. The minimum Gasteiger partial charge on any atom is -0.726 e. The molecule has 0 aromatic heterocycles. The molecule has 0 fully saturated rings. The van der Waals surface area contributed by atoms with Gasteiger partial charge in [0.25, 0.3) is 0 Å². The summed E-state index contributed by atoms with van der Waals surface area (Å²) < 4.78 is 36.8. The summed E-state index contributed by atoms with van der Waals surface area (Å²) in [5, 5.41) is 0. The Balaban J connectivity index is 0. The third-order valence-corrected chi connectivity index (χ3v) is 5.66. The Labute approximate surface area is 224 Å². The molecule has 0 aliphatic carbocycles. The first-order chi connectivity index (χ1) is 13.5. The zero-order valence-corrected chi connectivity index (χ0v) is 23.4. The first kappa shape index (κ1) is 32.4. The molecule has 0 radical (unpaired) electrons. The number of allylic oxidation sites excluding steroid dienone is 1. The summed E-state index contributed by atoms with van der Waals surface area (Å²) in [5.41, 5.74) is 0. The number of hydrogen-bond acceptors (Lipinski definition) is 4. The molecule has 0 amide bonds. The predicted molar refractivity (Wildman–Crippen MR) is 118 cm³/mol. The summed E-state index contributed by atoms with van der Waals surface area (Å²) in [5.74, 6) is 0.0216. The van der Waals surface area contributed by atoms with Gasteiger partial charge in [0.2, 0.25) is 10.4 Å². The van der Waals surface area contributed by atoms with Gasteiger partial charge >= 0.3 is 51.4 Å². The van der Waals surface area contributed by atoms with Gasteiger partial charge in [-0.1, -0.05) is 116 Å². The van der Waals surface area contributed by atoms with Gasteiger partial charge in [0, 0.05) is 5.92 Å². The summed E-state index contributed by atoms with van der Waals surface area (Å²) in [4.78, 5) is 0. The van der Waals surface area contributed by atoms with E-state index in [4.69, 9.17) is 0 Å². The molecule has 0 aliphatic heterocycles. The van der Waals surface area contributed by atoms with Crippen molar-refractivity contribution < 1.29 is 68.5 Å². The SMILES string of the molecule is CCCCCCCC/C=C/C(CCCCCCCCCCC)COS(=O)(=O)[O-].[K+]. The molecule has 29 heavy (non-hydrogen) atoms. The largest absolute Gasteiger partial charge is 1.00 e. The number of unbranched alkanes of at least 4 members (excludes halogenated alkanes) is 14. The van der Waals surface area contributed by atoms with E-state index in [0.717, 1.165) is 19.3 Å². The van der Waals surface area contributed by atoms with Gasteiger partial charge in [-0.25, -0.2) is 8.42 Å². The molecule has 0 heterocycles. The van der Waals surface area contributed by atoms with E-state index in [-0.39, 0.29) is 63.9 Å². The maximum atomic E-state index is 10.8. The smallest absolute Gasteiger partial charge is 0.726 e. The number of rotatable bonds is 21. The summed E-state index contributed by atoms with van der Waals surface area (Å²) in [7, 11) is -4.60. The van der Waals surface area contributed by atoms with E-state index in [9.17, 15) is 13.0 Å². The fourth-order valence-corrected chi connectivity index (χ4v) is 3.80. The molecule has 168 valence electrons. The minimum atomic E-state index is -4.60. The second-order valence-electron chi connectivity index (χ2n) is 8.05. The van der Waals surface area contributed by atoms with Crippen LogP contribution in [0.1, 0.15) is 123 Å². The standard InChI is InChI=1S/C23H46O4S.K/c1-3-5-7-9-11-13-15-17-19-21-23(22-27-28(24,25)26)20-18-16-14-12-10-8-6-4-2;/h18,20,23H,3-17,19,21-22H2,1-2H3,(H,24,25,26);/q;+1/p-1/b20-18+;. The van der Waals surface area contributed by atoms with Crippen molar-refractivity contribution in [1.29, 1.82) is 0 Å². The van der Waals surface area contributed by atoms with E-state index >= 15 is 0 Å². The Hall–Kier alpha value is 1.25. The van der Waals surface area contributed by atoms with E-state index in [1.54, 1.807) is 0 Å². The van der Waals surface area contributed by atoms with Crippen molar-refractivity contribution in [3.8, 4) is 0 Å². The topological polar surface area (TPSA) is 66.4 Å². The van der Waals surface area contributed by atoms with Gasteiger partial charge in [-0.3, -0.25) is 4.18 Å². The molecular formula is C23H45KO4S. The van der Waals surface area contributed by atoms with Crippen LogP contribution in [0, 0.1) is 5.92 Å². The van der Waals surface area contributed by atoms with Crippen molar-refractivity contribution in [3.05, 3.63) is 12.2 Å². The molecule has 4 nitrogen and oxygen atoms in total. The molecule has 1 unspecified atom stereocenters. The van der Waals surface area contributed by atoms with Crippen LogP contribution in [-0.2, 0) is 14.6 Å². The molecule has 0 aliphatic rings. The first-order valence-corrected chi connectivity index (χ1v) is 13.1. The maximum absolute atomic E-state index is 10.8. The molecule has 0 saturated carbocycles. The van der Waals surface area contributed by atoms with E-state index in [1.807, 2.05) is 0 Å². The third-order valence-electron chi connectivity index (χ3n) is 5.24. The maximum Gasteiger partial charge on any atom is 1.00 e. The molecule has 0 bridgehead atoms. The Morgan fingerprint density at radius 2 is 1.21 bits per heavy atom. The molecule has 0 rings (SSSR count). The fourth-order valence-electron chi connectivity index (χ4n) is 3.45. The van der Waals surface area contributed by atoms with Crippen LogP contribution in [-0.4, -0.2) is 19.6 Å². The zero-order chi connectivity index (χ0) is 20.9. The Morgan fingerprint density at radius 3 is 1.69 bits per heavy atom. The van der Waals surface area contributed by atoms with Crippen LogP contribution >= 0.6 is 0 Å². The van der Waals surface area contributed by atoms with E-state index in [2.05, 4.69) is 30.2 Å². The van der Waals surface area contributed by atoms with Crippen LogP contribution in [0.2, 0.25) is 0 Å². The van der Waals surface area contributed by atoms with Crippen LogP contribution in [0.15, 0.2) is 12.2 Å². The Morgan fingerprint density at radius 1 is 0.759 bits per heavy atom. The summed E-state index contributed by atoms with van der Waals surface area (Å²) in [6.45, 7) is 4.44. The summed E-state index contributed by atoms with van der Waals surface area (Å²) >= 11 is 0. The van der Waals surface area contributed by atoms with Gasteiger partial charge in [-0.2, -0.15) is 0 Å². The average molecular weight is 457 g/mol. The first-order valence-electron chi connectivity index (χ1n) is 11.8. The quantitative estimate of drug-likeness (QED) is 0.0848. The second kappa shape index (κ2) is 23.9. The summed E-state index contributed by atoms with van der Waals surface area (Å²) in [6.07, 6.45) is 25.1. The van der Waals surface area contributed by atoms with Gasteiger partial charge in [-0.05, 0) is 19.3 Å². The fraction of sp³-hybridized carbons (Fsp3) is 0.913. The van der Waals surface area contributed by atoms with Crippen LogP contribution in [0.3, 0.4) is 0 Å². The molecule has 6 heteroatoms. The predicted octanol–water partition coefficient (Wildman–Crippen LogP) is 4.31. The van der Waals surface area contributed by atoms with Crippen molar-refractivity contribution in [3.63, 3.8) is 0 Å². The molecule has 0 saturated heterocycles. The molecular weight excluding hydrogens is 411 g/mol. The van der Waals surface area contributed by atoms with Crippen molar-refractivity contribution in [2.45, 2.75) is 123 Å². The molecule has 1 atom stereocenters. The van der Waals surface area contributed by atoms with Gasteiger partial charge in [0.15, 0.2) is 0 Å². The minimum absolute atomic E-state index is 0. The van der Waals surface area contributed by atoms with Crippen LogP contribution < -0.4 is 51.4 Å². The third kappa shape index (κ3) is 27.2. The van der Waals surface area contributed by atoms with Gasteiger partial charge in [0.05, 0.1) is 6.61 Å². The van der Waals surface area contributed by atoms with Crippen LogP contribution in [0.25, 0.3) is 0 Å². The molecule has 0 N–H and O–H groups in total. The van der Waals surface area contributed by atoms with Gasteiger partial charge < -0.3 is 4.55 Å². The second-order valence-corrected chi connectivity index (χ2v) is 9.11. The normalized spacial score (nSPS) is 12.9. The van der Waals surface area contributed by atoms with E-state index in [1.165, 1.54) is 89.9 Å². The van der Waals surface area contributed by atoms with E-state index < -0.39 is 10.4 Å². The molecule has 0 aromatic rings. The molecule has 0 aromatic carbocycles. The summed E-state index contributed by atoms with van der Waals surface area (Å²) in [6, 6.07) is 0. The van der Waals surface area contributed by atoms with E-state index in [0.29, 0.717) is 0 Å². The van der Waals surface area contributed by atoms with Crippen molar-refractivity contribution in [2.24, 2.45) is 5.92 Å². The molecule has 0 spiro atoms. The Kier molecular flexibility index (Phi) is 26.7. The number of hydrogen-bond donors (Lipinski definition) is 0. The Bertz CT molecular complexity index is 452. The van der Waals surface area contributed by atoms with Crippen molar-refractivity contribution in [1.82, 2.24) is 0 Å². The monoisotopic (exact) mass is 456 g/mol. The van der Waals surface area contributed by atoms with Crippen molar-refractivity contribution in [2.75, 3.05) is 6.61 Å². The van der Waals surface area contributed by atoms with Crippen LogP contribution in [0.4, 0.5) is 0 Å². The average Bonchev–Trinajstić information content (AvgIpc) is 2.65. The van der Waals surface area contributed by atoms with Gasteiger partial charge in [-0.15, -0.1) is 0 Å². The van der Waals surface area contributed by atoms with Crippen LogP contribution in [0.5, 0.6) is 0 Å².